The van der Waals surface area contributed by atoms with Crippen LogP contribution in [0, 0.1) is 23.2 Å². The average molecular weight is 466 g/mol. The molecule has 2 aliphatic heterocycles. The molecule has 7 nitrogen and oxygen atoms in total. The predicted molar refractivity (Wildman–Crippen MR) is 127 cm³/mol. The highest BCUT2D eigenvalue weighted by molar-refractivity contribution is 5.91. The topological polar surface area (TPSA) is 89.3 Å². The number of ketones is 1. The number of Topliss-reactive ketones (excluding diaryl/α,β-unsaturated/α-hetero) is 1. The van der Waals surface area contributed by atoms with E-state index in [2.05, 4.69) is 33.4 Å². The fourth-order valence-electron chi connectivity index (χ4n) is 5.35. The fourth-order valence-corrected chi connectivity index (χ4v) is 5.35. The Balaban J connectivity index is 0.00000259. The molecule has 2 fully saturated rings. The molecule has 1 N–H and O–H groups in total. The standard InChI is InChI=1S/C25H27N5O2.ClH/c26-14-17-5-8-22(27-15-17)29-9-11-30(12-10-29)23(31)13-18-6-7-21(25(18)32)24-20-4-2-1-3-19(20)16-28-24;/h1-5,8,15,18,21,24,28H,6-7,9-13,16H2;1H. The zero-order chi connectivity index (χ0) is 22.1. The summed E-state index contributed by atoms with van der Waals surface area (Å²) in [6.07, 6.45) is 3.54. The maximum Gasteiger partial charge on any atom is 0.223 e. The summed E-state index contributed by atoms with van der Waals surface area (Å²) in [5, 5.41) is 12.4. The molecule has 1 saturated carbocycles. The Morgan fingerprint density at radius 2 is 1.91 bits per heavy atom. The number of piperazine rings is 1. The predicted octanol–water partition coefficient (Wildman–Crippen LogP) is 2.85. The first-order valence-corrected chi connectivity index (χ1v) is 11.4. The molecule has 0 spiro atoms. The van der Waals surface area contributed by atoms with Crippen molar-refractivity contribution in [2.45, 2.75) is 31.8 Å². The van der Waals surface area contributed by atoms with Crippen molar-refractivity contribution in [3.8, 4) is 6.07 Å². The molecule has 8 heteroatoms. The average Bonchev–Trinajstić information content (AvgIpc) is 3.42. The summed E-state index contributed by atoms with van der Waals surface area (Å²) >= 11 is 0. The summed E-state index contributed by atoms with van der Waals surface area (Å²) in [5.41, 5.74) is 3.06. The summed E-state index contributed by atoms with van der Waals surface area (Å²) < 4.78 is 0. The normalized spacial score (nSPS) is 24.2. The van der Waals surface area contributed by atoms with E-state index in [0.29, 0.717) is 38.2 Å². The van der Waals surface area contributed by atoms with Crippen LogP contribution in [0.15, 0.2) is 42.6 Å². The molecule has 3 aliphatic rings. The molecule has 1 saturated heterocycles. The van der Waals surface area contributed by atoms with Crippen LogP contribution in [0.5, 0.6) is 0 Å². The molecular formula is C25H28ClN5O2. The molecule has 1 aromatic carbocycles. The van der Waals surface area contributed by atoms with Gasteiger partial charge in [-0.15, -0.1) is 12.4 Å². The van der Waals surface area contributed by atoms with Crippen molar-refractivity contribution in [1.29, 1.82) is 5.26 Å². The number of aromatic nitrogens is 1. The van der Waals surface area contributed by atoms with Gasteiger partial charge < -0.3 is 15.1 Å². The van der Waals surface area contributed by atoms with Crippen LogP contribution in [0.25, 0.3) is 0 Å². The highest BCUT2D eigenvalue weighted by atomic mass is 35.5. The molecule has 3 atom stereocenters. The number of amides is 1. The SMILES string of the molecule is Cl.N#Cc1ccc(N2CCN(C(=O)CC3CCC(C4NCc5ccccc54)C3=O)CC2)nc1. The molecule has 3 heterocycles. The largest absolute Gasteiger partial charge is 0.353 e. The Bertz CT molecular complexity index is 1060. The lowest BCUT2D eigenvalue weighted by Crippen LogP contribution is -2.49. The number of nitriles is 1. The number of hydrogen-bond acceptors (Lipinski definition) is 6. The first kappa shape index (κ1) is 23.2. The number of rotatable bonds is 4. The van der Waals surface area contributed by atoms with E-state index in [-0.39, 0.29) is 42.0 Å². The van der Waals surface area contributed by atoms with Crippen LogP contribution in [-0.4, -0.2) is 47.8 Å². The number of carbonyl (C=O) groups excluding carboxylic acids is 2. The van der Waals surface area contributed by atoms with Gasteiger partial charge >= 0.3 is 0 Å². The molecule has 0 bridgehead atoms. The number of pyridine rings is 1. The Morgan fingerprint density at radius 1 is 1.12 bits per heavy atom. The van der Waals surface area contributed by atoms with E-state index >= 15 is 0 Å². The van der Waals surface area contributed by atoms with Crippen molar-refractivity contribution in [2.24, 2.45) is 11.8 Å². The molecule has 2 aromatic rings. The summed E-state index contributed by atoms with van der Waals surface area (Å²) in [6, 6.07) is 14.1. The van der Waals surface area contributed by atoms with Gasteiger partial charge in [0.1, 0.15) is 17.7 Å². The molecule has 5 rings (SSSR count). The van der Waals surface area contributed by atoms with Crippen molar-refractivity contribution in [2.75, 3.05) is 31.1 Å². The minimum absolute atomic E-state index is 0. The summed E-state index contributed by atoms with van der Waals surface area (Å²) in [4.78, 5) is 34.5. The van der Waals surface area contributed by atoms with Crippen LogP contribution >= 0.6 is 12.4 Å². The van der Waals surface area contributed by atoms with Gasteiger partial charge in [0.05, 0.1) is 5.56 Å². The first-order chi connectivity index (χ1) is 15.6. The third kappa shape index (κ3) is 4.59. The van der Waals surface area contributed by atoms with Crippen molar-refractivity contribution in [3.05, 3.63) is 59.3 Å². The lowest BCUT2D eigenvalue weighted by molar-refractivity contribution is -0.135. The van der Waals surface area contributed by atoms with Gasteiger partial charge in [0.25, 0.3) is 0 Å². The second-order valence-electron chi connectivity index (χ2n) is 8.93. The molecule has 3 unspecified atom stereocenters. The van der Waals surface area contributed by atoms with E-state index in [4.69, 9.17) is 5.26 Å². The molecule has 172 valence electrons. The van der Waals surface area contributed by atoms with Crippen molar-refractivity contribution in [1.82, 2.24) is 15.2 Å². The quantitative estimate of drug-likeness (QED) is 0.746. The number of benzene rings is 1. The van der Waals surface area contributed by atoms with Gasteiger partial charge in [-0.3, -0.25) is 9.59 Å². The summed E-state index contributed by atoms with van der Waals surface area (Å²) in [5.74, 6) is 0.953. The van der Waals surface area contributed by atoms with Crippen LogP contribution < -0.4 is 10.2 Å². The third-order valence-corrected chi connectivity index (χ3v) is 7.15. The van der Waals surface area contributed by atoms with Crippen LogP contribution in [0.2, 0.25) is 0 Å². The van der Waals surface area contributed by atoms with Gasteiger partial charge in [-0.1, -0.05) is 24.3 Å². The molecule has 1 amide bonds. The minimum atomic E-state index is -0.166. The zero-order valence-corrected chi connectivity index (χ0v) is 19.3. The molecule has 33 heavy (non-hydrogen) atoms. The first-order valence-electron chi connectivity index (χ1n) is 11.4. The van der Waals surface area contributed by atoms with Gasteiger partial charge in [0.2, 0.25) is 5.91 Å². The number of anilines is 1. The van der Waals surface area contributed by atoms with Crippen LogP contribution in [0.3, 0.4) is 0 Å². The van der Waals surface area contributed by atoms with Crippen molar-refractivity contribution >= 4 is 29.9 Å². The Kier molecular flexibility index (Phi) is 6.96. The highest BCUT2D eigenvalue weighted by Crippen LogP contribution is 2.41. The smallest absolute Gasteiger partial charge is 0.223 e. The zero-order valence-electron chi connectivity index (χ0n) is 18.4. The van der Waals surface area contributed by atoms with Crippen LogP contribution in [0.1, 0.15) is 42.0 Å². The Labute approximate surface area is 200 Å². The maximum absolute atomic E-state index is 13.2. The Hall–Kier alpha value is -2.95. The van der Waals surface area contributed by atoms with Crippen LogP contribution in [0.4, 0.5) is 5.82 Å². The lowest BCUT2D eigenvalue weighted by atomic mass is 9.89. The van der Waals surface area contributed by atoms with Crippen molar-refractivity contribution < 1.29 is 9.59 Å². The van der Waals surface area contributed by atoms with E-state index < -0.39 is 0 Å². The number of halogens is 1. The van der Waals surface area contributed by atoms with Gasteiger partial charge in [-0.25, -0.2) is 4.98 Å². The van der Waals surface area contributed by atoms with Gasteiger partial charge in [0, 0.05) is 63.2 Å². The number of nitrogens with one attached hydrogen (secondary N) is 1. The fraction of sp³-hybridized carbons (Fsp3) is 0.440. The van der Waals surface area contributed by atoms with E-state index in [1.807, 2.05) is 23.1 Å². The molecule has 1 aliphatic carbocycles. The second kappa shape index (κ2) is 9.90. The number of fused-ring (bicyclic) bond motifs is 1. The van der Waals surface area contributed by atoms with Crippen LogP contribution in [-0.2, 0) is 16.1 Å². The highest BCUT2D eigenvalue weighted by Gasteiger charge is 2.42. The lowest BCUT2D eigenvalue weighted by Gasteiger charge is -2.35. The van der Waals surface area contributed by atoms with Gasteiger partial charge in [-0.2, -0.15) is 5.26 Å². The van der Waals surface area contributed by atoms with E-state index in [0.717, 1.165) is 25.2 Å². The monoisotopic (exact) mass is 465 g/mol. The third-order valence-electron chi connectivity index (χ3n) is 7.15. The van der Waals surface area contributed by atoms with Crippen molar-refractivity contribution in [3.63, 3.8) is 0 Å². The number of nitrogens with zero attached hydrogens (tertiary/aromatic N) is 4. The molecular weight excluding hydrogens is 438 g/mol. The van der Waals surface area contributed by atoms with E-state index in [1.54, 1.807) is 12.3 Å². The van der Waals surface area contributed by atoms with Gasteiger partial charge in [0.15, 0.2) is 0 Å². The summed E-state index contributed by atoms with van der Waals surface area (Å²) in [7, 11) is 0. The molecule has 0 radical (unpaired) electrons. The molecule has 1 aromatic heterocycles. The maximum atomic E-state index is 13.2. The Morgan fingerprint density at radius 3 is 2.64 bits per heavy atom. The number of carbonyl (C=O) groups is 2. The second-order valence-corrected chi connectivity index (χ2v) is 8.93. The van der Waals surface area contributed by atoms with Gasteiger partial charge in [-0.05, 0) is 36.1 Å². The minimum Gasteiger partial charge on any atom is -0.353 e. The van der Waals surface area contributed by atoms with E-state index in [9.17, 15) is 9.59 Å². The summed E-state index contributed by atoms with van der Waals surface area (Å²) in [6.45, 7) is 3.47. The van der Waals surface area contributed by atoms with E-state index in [1.165, 1.54) is 11.1 Å². The number of hydrogen-bond donors (Lipinski definition) is 1.